The fourth-order valence-corrected chi connectivity index (χ4v) is 2.86. The maximum Gasteiger partial charge on any atom is 0.266 e. The van der Waals surface area contributed by atoms with E-state index in [0.29, 0.717) is 33.5 Å². The summed E-state index contributed by atoms with van der Waals surface area (Å²) in [7, 11) is 0. The molecule has 4 rings (SSSR count). The van der Waals surface area contributed by atoms with Gasteiger partial charge in [-0.3, -0.25) is 9.89 Å². The molecule has 0 fully saturated rings. The first-order chi connectivity index (χ1) is 13.6. The molecule has 138 valence electrons. The molecule has 3 aromatic rings. The molecule has 0 saturated heterocycles. The van der Waals surface area contributed by atoms with Gasteiger partial charge >= 0.3 is 0 Å². The van der Waals surface area contributed by atoms with Gasteiger partial charge in [-0.05, 0) is 30.3 Å². The average Bonchev–Trinajstić information content (AvgIpc) is 3.35. The summed E-state index contributed by atoms with van der Waals surface area (Å²) in [5.74, 6) is 0.616. The molecule has 8 heteroatoms. The van der Waals surface area contributed by atoms with Crippen molar-refractivity contribution in [2.24, 2.45) is 0 Å². The van der Waals surface area contributed by atoms with Gasteiger partial charge in [0.25, 0.3) is 5.91 Å². The number of rotatable bonds is 4. The van der Waals surface area contributed by atoms with E-state index in [-0.39, 0.29) is 12.4 Å². The number of anilines is 1. The molecule has 0 saturated carbocycles. The van der Waals surface area contributed by atoms with Gasteiger partial charge < -0.3 is 14.8 Å². The summed E-state index contributed by atoms with van der Waals surface area (Å²) in [6.07, 6.45) is 3.03. The second-order valence-corrected chi connectivity index (χ2v) is 6.34. The minimum Gasteiger partial charge on any atom is -0.454 e. The number of carbonyl (C=O) groups is 1. The van der Waals surface area contributed by atoms with Crippen LogP contribution in [0.2, 0.25) is 5.02 Å². The SMILES string of the molecule is N#C/C(=C\c1cn[nH]c1-c1ccc(Cl)cc1)C(=O)Nc1ccc2c(c1)OCO2. The number of halogens is 1. The third-order valence-electron chi connectivity index (χ3n) is 4.10. The highest BCUT2D eigenvalue weighted by molar-refractivity contribution is 6.30. The molecule has 2 N–H and O–H groups in total. The lowest BCUT2D eigenvalue weighted by Gasteiger charge is -2.06. The van der Waals surface area contributed by atoms with E-state index in [1.165, 1.54) is 6.08 Å². The van der Waals surface area contributed by atoms with Crippen molar-refractivity contribution < 1.29 is 14.3 Å². The number of nitrogens with zero attached hydrogens (tertiary/aromatic N) is 2. The van der Waals surface area contributed by atoms with E-state index in [4.69, 9.17) is 21.1 Å². The average molecular weight is 393 g/mol. The molecule has 0 aliphatic carbocycles. The number of aromatic amines is 1. The smallest absolute Gasteiger partial charge is 0.266 e. The van der Waals surface area contributed by atoms with Crippen LogP contribution in [-0.2, 0) is 4.79 Å². The summed E-state index contributed by atoms with van der Waals surface area (Å²) in [6, 6.07) is 14.1. The standard InChI is InChI=1S/C20H13ClN4O3/c21-15-3-1-12(2-4-15)19-14(10-23-25-19)7-13(9-22)20(26)24-16-5-6-17-18(8-16)28-11-27-17/h1-8,10H,11H2,(H,23,25)(H,24,26)/b13-7+. The van der Waals surface area contributed by atoms with Crippen molar-refractivity contribution in [3.8, 4) is 28.8 Å². The van der Waals surface area contributed by atoms with Crippen LogP contribution in [0.5, 0.6) is 11.5 Å². The second-order valence-electron chi connectivity index (χ2n) is 5.90. The van der Waals surface area contributed by atoms with E-state index in [1.807, 2.05) is 18.2 Å². The largest absolute Gasteiger partial charge is 0.454 e. The van der Waals surface area contributed by atoms with E-state index in [0.717, 1.165) is 5.56 Å². The summed E-state index contributed by atoms with van der Waals surface area (Å²) in [4.78, 5) is 12.5. The molecular weight excluding hydrogens is 380 g/mol. The first-order valence-corrected chi connectivity index (χ1v) is 8.64. The highest BCUT2D eigenvalue weighted by Crippen LogP contribution is 2.34. The normalized spacial score (nSPS) is 12.5. The topological polar surface area (TPSA) is 100 Å². The van der Waals surface area contributed by atoms with Crippen LogP contribution in [0.15, 0.2) is 54.2 Å². The van der Waals surface area contributed by atoms with Crippen LogP contribution in [0.4, 0.5) is 5.69 Å². The number of nitrogens with one attached hydrogen (secondary N) is 2. The highest BCUT2D eigenvalue weighted by Gasteiger charge is 2.16. The molecule has 0 unspecified atom stereocenters. The first-order valence-electron chi connectivity index (χ1n) is 8.26. The van der Waals surface area contributed by atoms with E-state index >= 15 is 0 Å². The van der Waals surface area contributed by atoms with Gasteiger partial charge in [0.15, 0.2) is 11.5 Å². The first kappa shape index (κ1) is 17.6. The van der Waals surface area contributed by atoms with Gasteiger partial charge in [0.2, 0.25) is 6.79 Å². The van der Waals surface area contributed by atoms with Crippen LogP contribution in [0.25, 0.3) is 17.3 Å². The van der Waals surface area contributed by atoms with Crippen LogP contribution >= 0.6 is 11.6 Å². The Morgan fingerprint density at radius 3 is 2.79 bits per heavy atom. The lowest BCUT2D eigenvalue weighted by atomic mass is 10.1. The van der Waals surface area contributed by atoms with Crippen molar-refractivity contribution in [3.05, 3.63) is 64.8 Å². The number of hydrogen-bond donors (Lipinski definition) is 2. The molecule has 0 bridgehead atoms. The molecule has 28 heavy (non-hydrogen) atoms. The third kappa shape index (κ3) is 3.54. The fraction of sp³-hybridized carbons (Fsp3) is 0.0500. The number of benzene rings is 2. The van der Waals surface area contributed by atoms with Gasteiger partial charge in [0, 0.05) is 27.9 Å². The fourth-order valence-electron chi connectivity index (χ4n) is 2.73. The zero-order valence-electron chi connectivity index (χ0n) is 14.4. The predicted octanol–water partition coefficient (Wildman–Crippen LogP) is 4.00. The maximum atomic E-state index is 12.5. The molecule has 0 atom stereocenters. The second kappa shape index (κ2) is 7.47. The Hall–Kier alpha value is -3.76. The van der Waals surface area contributed by atoms with E-state index in [9.17, 15) is 10.1 Å². The Labute approximate surface area is 165 Å². The van der Waals surface area contributed by atoms with Gasteiger partial charge in [-0.2, -0.15) is 10.4 Å². The zero-order valence-corrected chi connectivity index (χ0v) is 15.2. The number of nitriles is 1. The quantitative estimate of drug-likeness (QED) is 0.516. The Morgan fingerprint density at radius 1 is 1.21 bits per heavy atom. The van der Waals surface area contributed by atoms with Gasteiger partial charge in [-0.15, -0.1) is 0 Å². The van der Waals surface area contributed by atoms with Crippen molar-refractivity contribution >= 4 is 29.3 Å². The highest BCUT2D eigenvalue weighted by atomic mass is 35.5. The van der Waals surface area contributed by atoms with Crippen LogP contribution in [0, 0.1) is 11.3 Å². The number of ether oxygens (including phenoxy) is 2. The van der Waals surface area contributed by atoms with Gasteiger partial charge in [-0.1, -0.05) is 23.7 Å². The van der Waals surface area contributed by atoms with Crippen molar-refractivity contribution in [3.63, 3.8) is 0 Å². The van der Waals surface area contributed by atoms with Crippen LogP contribution in [0.3, 0.4) is 0 Å². The summed E-state index contributed by atoms with van der Waals surface area (Å²) in [5, 5.41) is 19.7. The molecule has 0 spiro atoms. The number of hydrogen-bond acceptors (Lipinski definition) is 5. The van der Waals surface area contributed by atoms with Crippen molar-refractivity contribution in [2.75, 3.05) is 12.1 Å². The van der Waals surface area contributed by atoms with Gasteiger partial charge in [0.1, 0.15) is 11.6 Å². The van der Waals surface area contributed by atoms with Crippen molar-refractivity contribution in [2.45, 2.75) is 0 Å². The van der Waals surface area contributed by atoms with E-state index in [2.05, 4.69) is 15.5 Å². The Kier molecular flexibility index (Phi) is 4.70. The van der Waals surface area contributed by atoms with Crippen molar-refractivity contribution in [1.82, 2.24) is 10.2 Å². The number of H-pyrrole nitrogens is 1. The maximum absolute atomic E-state index is 12.5. The molecule has 2 heterocycles. The zero-order chi connectivity index (χ0) is 19.5. The van der Waals surface area contributed by atoms with Crippen LogP contribution in [0.1, 0.15) is 5.56 Å². The number of carbonyl (C=O) groups excluding carboxylic acids is 1. The van der Waals surface area contributed by atoms with Gasteiger partial charge in [0.05, 0.1) is 11.9 Å². The van der Waals surface area contributed by atoms with E-state index in [1.54, 1.807) is 36.5 Å². The number of aromatic nitrogens is 2. The lowest BCUT2D eigenvalue weighted by molar-refractivity contribution is -0.112. The number of amides is 1. The predicted molar refractivity (Wildman–Crippen MR) is 104 cm³/mol. The Morgan fingerprint density at radius 2 is 2.00 bits per heavy atom. The molecule has 7 nitrogen and oxygen atoms in total. The molecule has 1 amide bonds. The minimum absolute atomic E-state index is 0.0609. The van der Waals surface area contributed by atoms with E-state index < -0.39 is 5.91 Å². The summed E-state index contributed by atoms with van der Waals surface area (Å²) in [6.45, 7) is 0.143. The Bertz CT molecular complexity index is 1110. The lowest BCUT2D eigenvalue weighted by Crippen LogP contribution is -2.13. The number of fused-ring (bicyclic) bond motifs is 1. The summed E-state index contributed by atoms with van der Waals surface area (Å²) in [5.41, 5.74) is 2.57. The molecule has 1 aliphatic heterocycles. The molecule has 1 aromatic heterocycles. The molecule has 2 aromatic carbocycles. The van der Waals surface area contributed by atoms with Crippen molar-refractivity contribution in [1.29, 1.82) is 5.26 Å². The van der Waals surface area contributed by atoms with Crippen LogP contribution in [-0.4, -0.2) is 22.9 Å². The van der Waals surface area contributed by atoms with Crippen LogP contribution < -0.4 is 14.8 Å². The van der Waals surface area contributed by atoms with Gasteiger partial charge in [-0.25, -0.2) is 0 Å². The molecule has 1 aliphatic rings. The summed E-state index contributed by atoms with van der Waals surface area (Å²) < 4.78 is 10.5. The minimum atomic E-state index is -0.537. The third-order valence-corrected chi connectivity index (χ3v) is 4.35. The Balaban J connectivity index is 1.58. The molecular formula is C20H13ClN4O3. The monoisotopic (exact) mass is 392 g/mol. The summed E-state index contributed by atoms with van der Waals surface area (Å²) >= 11 is 5.92. The molecule has 0 radical (unpaired) electrons.